The quantitative estimate of drug-likeness (QED) is 0.422. The van der Waals surface area contributed by atoms with Gasteiger partial charge in [-0.1, -0.05) is 29.8 Å². The first kappa shape index (κ1) is 24.9. The Hall–Kier alpha value is -2.75. The average molecular weight is 510 g/mol. The normalized spacial score (nSPS) is 18.3. The minimum Gasteiger partial charge on any atom is -0.385 e. The summed E-state index contributed by atoms with van der Waals surface area (Å²) in [7, 11) is -1.61. The predicted molar refractivity (Wildman–Crippen MR) is 143 cm³/mol. The molecule has 0 atom stereocenters. The molecule has 1 saturated carbocycles. The third kappa shape index (κ3) is 5.19. The molecule has 0 saturated heterocycles. The first-order valence-corrected chi connectivity index (χ1v) is 14.4. The Morgan fingerprint density at radius 1 is 1.14 bits per heavy atom. The van der Waals surface area contributed by atoms with E-state index in [0.29, 0.717) is 23.9 Å². The highest BCUT2D eigenvalue weighted by Crippen LogP contribution is 2.34. The summed E-state index contributed by atoms with van der Waals surface area (Å²) in [6.45, 7) is 5.32. The van der Waals surface area contributed by atoms with Gasteiger partial charge in [0.25, 0.3) is 0 Å². The van der Waals surface area contributed by atoms with Crippen LogP contribution in [0.1, 0.15) is 36.8 Å². The smallest absolute Gasteiger partial charge is 0.228 e. The second-order valence-electron chi connectivity index (χ2n) is 10.0. The largest absolute Gasteiger partial charge is 0.385 e. The van der Waals surface area contributed by atoms with Gasteiger partial charge in [0, 0.05) is 44.3 Å². The number of ether oxygens (including phenoxy) is 1. The van der Waals surface area contributed by atoms with Crippen molar-refractivity contribution in [2.45, 2.75) is 49.6 Å². The van der Waals surface area contributed by atoms with Crippen LogP contribution in [-0.2, 0) is 21.1 Å². The number of anilines is 2. The summed E-state index contributed by atoms with van der Waals surface area (Å²) in [5.74, 6) is 1.39. The summed E-state index contributed by atoms with van der Waals surface area (Å²) in [4.78, 5) is 12.2. The van der Waals surface area contributed by atoms with E-state index in [0.717, 1.165) is 66.8 Å². The molecule has 1 fully saturated rings. The molecule has 0 spiro atoms. The molecule has 9 heteroatoms. The van der Waals surface area contributed by atoms with Crippen molar-refractivity contribution in [1.82, 2.24) is 15.3 Å². The van der Waals surface area contributed by atoms with Crippen LogP contribution in [0.3, 0.4) is 0 Å². The molecular weight excluding hydrogens is 474 g/mol. The minimum absolute atomic E-state index is 0.0383. The minimum atomic E-state index is -3.35. The van der Waals surface area contributed by atoms with Gasteiger partial charge >= 0.3 is 0 Å². The van der Waals surface area contributed by atoms with Crippen molar-refractivity contribution in [3.8, 4) is 0 Å². The molecule has 5 rings (SSSR count). The Balaban J connectivity index is 1.44. The van der Waals surface area contributed by atoms with Crippen molar-refractivity contribution in [3.63, 3.8) is 0 Å². The van der Waals surface area contributed by atoms with E-state index in [4.69, 9.17) is 14.7 Å². The van der Waals surface area contributed by atoms with Gasteiger partial charge in [0.15, 0.2) is 9.84 Å². The second kappa shape index (κ2) is 10.3. The van der Waals surface area contributed by atoms with E-state index in [1.165, 1.54) is 6.42 Å². The van der Waals surface area contributed by atoms with Gasteiger partial charge in [-0.3, -0.25) is 0 Å². The number of benzene rings is 2. The van der Waals surface area contributed by atoms with E-state index in [9.17, 15) is 8.42 Å². The average Bonchev–Trinajstić information content (AvgIpc) is 2.98. The van der Waals surface area contributed by atoms with Crippen LogP contribution >= 0.6 is 0 Å². The van der Waals surface area contributed by atoms with E-state index >= 15 is 0 Å². The zero-order valence-corrected chi connectivity index (χ0v) is 21.9. The van der Waals surface area contributed by atoms with Crippen molar-refractivity contribution in [2.24, 2.45) is 0 Å². The third-order valence-corrected chi connectivity index (χ3v) is 9.14. The summed E-state index contributed by atoms with van der Waals surface area (Å²) in [6.07, 6.45) is 4.46. The van der Waals surface area contributed by atoms with Gasteiger partial charge < -0.3 is 20.3 Å². The Labute approximate surface area is 213 Å². The van der Waals surface area contributed by atoms with Crippen molar-refractivity contribution in [1.29, 1.82) is 0 Å². The maximum atomic E-state index is 12.9. The zero-order chi connectivity index (χ0) is 25.2. The number of fused-ring (bicyclic) bond motifs is 2. The fraction of sp³-hybridized carbons (Fsp3) is 0.481. The summed E-state index contributed by atoms with van der Waals surface area (Å²) >= 11 is 0. The van der Waals surface area contributed by atoms with Crippen LogP contribution in [0.15, 0.2) is 47.4 Å². The van der Waals surface area contributed by atoms with Crippen molar-refractivity contribution in [3.05, 3.63) is 53.6 Å². The van der Waals surface area contributed by atoms with Gasteiger partial charge in [-0.2, -0.15) is 4.98 Å². The Bertz CT molecular complexity index is 1340. The summed E-state index contributed by atoms with van der Waals surface area (Å²) in [5, 5.41) is 8.36. The molecule has 8 nitrogen and oxygen atoms in total. The highest BCUT2D eigenvalue weighted by molar-refractivity contribution is 7.91. The standard InChI is InChI=1S/C27H35N5O3S/c1-20-9-10-23-22(17-20)25(28-19-27(11-5-12-27)29-13-6-15-35-2)31-26(30-23)32-14-16-36(33,34)24-8-4-3-7-21(24)18-32/h3-4,7-10,17,29H,5-6,11-16,18-19H2,1-2H3,(H,28,30,31). The molecule has 36 heavy (non-hydrogen) atoms. The van der Waals surface area contributed by atoms with Crippen LogP contribution in [0.4, 0.5) is 11.8 Å². The molecule has 2 aliphatic rings. The number of nitrogens with zero attached hydrogens (tertiary/aromatic N) is 3. The molecule has 1 aromatic heterocycles. The molecule has 0 bridgehead atoms. The summed E-state index contributed by atoms with van der Waals surface area (Å²) < 4.78 is 30.9. The SMILES string of the molecule is COCCCNC1(CNc2nc(N3CCS(=O)(=O)c4ccccc4C3)nc3ccc(C)cc23)CCC1. The van der Waals surface area contributed by atoms with Gasteiger partial charge in [-0.15, -0.1) is 0 Å². The zero-order valence-electron chi connectivity index (χ0n) is 21.1. The van der Waals surface area contributed by atoms with Gasteiger partial charge in [-0.25, -0.2) is 13.4 Å². The third-order valence-electron chi connectivity index (χ3n) is 7.35. The van der Waals surface area contributed by atoms with Crippen molar-refractivity contribution < 1.29 is 13.2 Å². The lowest BCUT2D eigenvalue weighted by Gasteiger charge is -2.43. The molecule has 0 amide bonds. The van der Waals surface area contributed by atoms with Gasteiger partial charge in [0.2, 0.25) is 5.95 Å². The van der Waals surface area contributed by atoms with Crippen LogP contribution < -0.4 is 15.5 Å². The molecule has 1 aliphatic heterocycles. The fourth-order valence-electron chi connectivity index (χ4n) is 5.08. The maximum absolute atomic E-state index is 12.9. The number of hydrogen-bond acceptors (Lipinski definition) is 8. The molecule has 0 radical (unpaired) electrons. The number of aromatic nitrogens is 2. The summed E-state index contributed by atoms with van der Waals surface area (Å²) in [5.41, 5.74) is 2.84. The van der Waals surface area contributed by atoms with Crippen LogP contribution in [0.5, 0.6) is 0 Å². The number of aryl methyl sites for hydroxylation is 1. The van der Waals surface area contributed by atoms with Crippen LogP contribution in [0.25, 0.3) is 10.9 Å². The highest BCUT2D eigenvalue weighted by Gasteiger charge is 2.36. The van der Waals surface area contributed by atoms with Crippen LogP contribution in [0.2, 0.25) is 0 Å². The molecule has 192 valence electrons. The molecular formula is C27H35N5O3S. The second-order valence-corrected chi connectivity index (χ2v) is 12.1. The summed E-state index contributed by atoms with van der Waals surface area (Å²) in [6, 6.07) is 13.4. The van der Waals surface area contributed by atoms with E-state index in [1.54, 1.807) is 19.2 Å². The topological polar surface area (TPSA) is 96.5 Å². The van der Waals surface area contributed by atoms with Crippen molar-refractivity contribution >= 4 is 32.5 Å². The molecule has 2 heterocycles. The molecule has 3 aromatic rings. The molecule has 2 N–H and O–H groups in total. The first-order chi connectivity index (χ1) is 17.4. The lowest BCUT2D eigenvalue weighted by Crippen LogP contribution is -2.56. The number of sulfone groups is 1. The first-order valence-electron chi connectivity index (χ1n) is 12.7. The number of hydrogen-bond donors (Lipinski definition) is 2. The number of nitrogens with one attached hydrogen (secondary N) is 2. The van der Waals surface area contributed by atoms with Crippen molar-refractivity contribution in [2.75, 3.05) is 49.3 Å². The van der Waals surface area contributed by atoms with Crippen LogP contribution in [-0.4, -0.2) is 63.0 Å². The van der Waals surface area contributed by atoms with E-state index in [1.807, 2.05) is 23.1 Å². The maximum Gasteiger partial charge on any atom is 0.228 e. The van der Waals surface area contributed by atoms with E-state index in [2.05, 4.69) is 29.7 Å². The lowest BCUT2D eigenvalue weighted by molar-refractivity contribution is 0.169. The Morgan fingerprint density at radius 2 is 1.97 bits per heavy atom. The fourth-order valence-corrected chi connectivity index (χ4v) is 6.58. The van der Waals surface area contributed by atoms with Gasteiger partial charge in [0.05, 0.1) is 16.2 Å². The highest BCUT2D eigenvalue weighted by atomic mass is 32.2. The monoisotopic (exact) mass is 509 g/mol. The van der Waals surface area contributed by atoms with E-state index < -0.39 is 9.84 Å². The molecule has 1 aliphatic carbocycles. The lowest BCUT2D eigenvalue weighted by atomic mass is 9.76. The Kier molecular flexibility index (Phi) is 7.14. The van der Waals surface area contributed by atoms with Gasteiger partial charge in [0.1, 0.15) is 5.82 Å². The number of rotatable bonds is 9. The molecule has 0 unspecified atom stereocenters. The predicted octanol–water partition coefficient (Wildman–Crippen LogP) is 3.69. The number of methoxy groups -OCH3 is 1. The van der Waals surface area contributed by atoms with E-state index in [-0.39, 0.29) is 11.3 Å². The van der Waals surface area contributed by atoms with Crippen LogP contribution in [0, 0.1) is 6.92 Å². The van der Waals surface area contributed by atoms with Gasteiger partial charge in [-0.05, 0) is 62.9 Å². The molecule has 2 aromatic carbocycles. The Morgan fingerprint density at radius 3 is 2.75 bits per heavy atom.